The van der Waals surface area contributed by atoms with Crippen LogP contribution in [0.2, 0.25) is 0 Å². The number of nitro groups is 1. The minimum Gasteiger partial charge on any atom is -0.403 e. The van der Waals surface area contributed by atoms with Crippen molar-refractivity contribution in [1.82, 2.24) is 9.97 Å². The average molecular weight is 532 g/mol. The molecule has 0 saturated heterocycles. The first-order valence-corrected chi connectivity index (χ1v) is 11.9. The monoisotopic (exact) mass is 532 g/mol. The van der Waals surface area contributed by atoms with Crippen molar-refractivity contribution < 1.29 is 18.6 Å². The molecule has 0 spiro atoms. The minimum absolute atomic E-state index is 0.0282. The van der Waals surface area contributed by atoms with E-state index < -0.39 is 22.1 Å². The number of fused-ring (bicyclic) bond motifs is 2. The smallest absolute Gasteiger partial charge is 0.347 e. The predicted octanol–water partition coefficient (Wildman–Crippen LogP) is 5.18. The molecule has 0 aliphatic carbocycles. The van der Waals surface area contributed by atoms with E-state index in [0.29, 0.717) is 32.9 Å². The third-order valence-corrected chi connectivity index (χ3v) is 6.10. The van der Waals surface area contributed by atoms with E-state index in [-0.39, 0.29) is 28.7 Å². The number of anilines is 1. The molecule has 2 aromatic heterocycles. The highest BCUT2D eigenvalue weighted by atomic mass is 16.6. The molecule has 0 fully saturated rings. The first-order valence-electron chi connectivity index (χ1n) is 11.9. The number of para-hydroxylation sites is 2. The van der Waals surface area contributed by atoms with Crippen molar-refractivity contribution in [2.24, 2.45) is 0 Å². The van der Waals surface area contributed by atoms with Crippen LogP contribution in [0, 0.1) is 10.1 Å². The molecular weight excluding hydrogens is 516 g/mol. The van der Waals surface area contributed by atoms with Crippen LogP contribution >= 0.6 is 0 Å². The Morgan fingerprint density at radius 3 is 1.73 bits per heavy atom. The van der Waals surface area contributed by atoms with Gasteiger partial charge in [-0.15, -0.1) is 0 Å². The molecule has 0 aliphatic rings. The normalized spacial score (nSPS) is 11.0. The van der Waals surface area contributed by atoms with Crippen LogP contribution in [0.4, 0.5) is 11.4 Å². The molecule has 1 N–H and O–H groups in total. The lowest BCUT2D eigenvalue weighted by atomic mass is 10.1. The molecule has 2 heterocycles. The molecule has 1 amide bonds. The van der Waals surface area contributed by atoms with Gasteiger partial charge in [0, 0.05) is 34.5 Å². The van der Waals surface area contributed by atoms with Crippen LogP contribution in [-0.4, -0.2) is 20.8 Å². The standard InChI is InChI=1S/C29H16N4O7/c34-25(16-9-11-20(12-10-16)33(37)38)30-19-14-17(26-31-23-7-3-1-5-21(23)28(35)39-26)13-18(15-19)27-32-24-8-4-2-6-22(24)29(36)40-27/h1-15H,(H,30,34). The van der Waals surface area contributed by atoms with Gasteiger partial charge >= 0.3 is 11.3 Å². The van der Waals surface area contributed by atoms with Crippen molar-refractivity contribution in [2.75, 3.05) is 5.32 Å². The Hall–Kier alpha value is -5.97. The van der Waals surface area contributed by atoms with E-state index in [1.807, 2.05) is 0 Å². The van der Waals surface area contributed by atoms with Gasteiger partial charge in [-0.05, 0) is 54.6 Å². The lowest BCUT2D eigenvalue weighted by Gasteiger charge is -2.11. The summed E-state index contributed by atoms with van der Waals surface area (Å²) in [5.74, 6) is -0.613. The number of hydrogen-bond donors (Lipinski definition) is 1. The van der Waals surface area contributed by atoms with Gasteiger partial charge in [0.15, 0.2) is 0 Å². The van der Waals surface area contributed by atoms with Gasteiger partial charge in [-0.3, -0.25) is 14.9 Å². The Kier molecular flexibility index (Phi) is 5.93. The van der Waals surface area contributed by atoms with Crippen LogP contribution in [0.25, 0.3) is 44.7 Å². The molecule has 11 nitrogen and oxygen atoms in total. The maximum absolute atomic E-state index is 13.0. The number of hydrogen-bond acceptors (Lipinski definition) is 9. The first-order chi connectivity index (χ1) is 19.4. The lowest BCUT2D eigenvalue weighted by molar-refractivity contribution is -0.384. The first kappa shape index (κ1) is 24.4. The Labute approximate surface area is 223 Å². The van der Waals surface area contributed by atoms with Crippen molar-refractivity contribution in [2.45, 2.75) is 0 Å². The Balaban J connectivity index is 1.48. The maximum atomic E-state index is 13.0. The second kappa shape index (κ2) is 9.72. The number of carbonyl (C=O) groups excluding carboxylic acids is 1. The Bertz CT molecular complexity index is 1970. The maximum Gasteiger partial charge on any atom is 0.347 e. The summed E-state index contributed by atoms with van der Waals surface area (Å²) in [5.41, 5.74) is 0.478. The zero-order chi connectivity index (χ0) is 27.8. The third-order valence-electron chi connectivity index (χ3n) is 6.10. The molecule has 40 heavy (non-hydrogen) atoms. The molecule has 0 atom stereocenters. The number of nitrogens with zero attached hydrogens (tertiary/aromatic N) is 3. The molecule has 0 saturated carbocycles. The topological polar surface area (TPSA) is 158 Å². The summed E-state index contributed by atoms with van der Waals surface area (Å²) in [7, 11) is 0. The number of nitro benzene ring substituents is 1. The van der Waals surface area contributed by atoms with E-state index >= 15 is 0 Å². The number of nitrogens with one attached hydrogen (secondary N) is 1. The second-order valence-electron chi connectivity index (χ2n) is 8.70. The fourth-order valence-corrected chi connectivity index (χ4v) is 4.17. The molecule has 6 aromatic rings. The highest BCUT2D eigenvalue weighted by molar-refractivity contribution is 6.05. The molecule has 4 aromatic carbocycles. The summed E-state index contributed by atoms with van der Waals surface area (Å²) < 4.78 is 11.0. The van der Waals surface area contributed by atoms with Crippen LogP contribution in [0.1, 0.15) is 10.4 Å². The number of amides is 1. The van der Waals surface area contributed by atoms with Gasteiger partial charge in [-0.25, -0.2) is 19.6 Å². The van der Waals surface area contributed by atoms with E-state index in [0.717, 1.165) is 0 Å². The van der Waals surface area contributed by atoms with Gasteiger partial charge in [0.25, 0.3) is 11.6 Å². The van der Waals surface area contributed by atoms with Crippen molar-refractivity contribution in [1.29, 1.82) is 0 Å². The summed E-state index contributed by atoms with van der Waals surface area (Å²) in [6.07, 6.45) is 0. The largest absolute Gasteiger partial charge is 0.403 e. The number of carbonyl (C=O) groups is 1. The van der Waals surface area contributed by atoms with Gasteiger partial charge in [-0.1, -0.05) is 24.3 Å². The van der Waals surface area contributed by atoms with E-state index in [1.165, 1.54) is 36.4 Å². The van der Waals surface area contributed by atoms with Crippen LogP contribution < -0.4 is 16.6 Å². The number of non-ortho nitro benzene ring substituents is 1. The number of aromatic nitrogens is 2. The summed E-state index contributed by atoms with van der Waals surface area (Å²) in [6.45, 7) is 0. The van der Waals surface area contributed by atoms with Crippen molar-refractivity contribution in [3.05, 3.63) is 128 Å². The van der Waals surface area contributed by atoms with Gasteiger partial charge in [0.1, 0.15) is 0 Å². The predicted molar refractivity (Wildman–Crippen MR) is 146 cm³/mol. The second-order valence-corrected chi connectivity index (χ2v) is 8.70. The molecule has 0 bridgehead atoms. The Morgan fingerprint density at radius 2 is 1.23 bits per heavy atom. The fourth-order valence-electron chi connectivity index (χ4n) is 4.17. The molecule has 6 rings (SSSR count). The van der Waals surface area contributed by atoms with Gasteiger partial charge in [-0.2, -0.15) is 0 Å². The van der Waals surface area contributed by atoms with E-state index in [2.05, 4.69) is 15.3 Å². The fraction of sp³-hybridized carbons (Fsp3) is 0. The SMILES string of the molecule is O=C(Nc1cc(-c2nc3ccccc3c(=O)o2)cc(-c2nc3ccccc3c(=O)o2)c1)c1ccc([N+](=O)[O-])cc1. The molecule has 194 valence electrons. The van der Waals surface area contributed by atoms with E-state index in [4.69, 9.17) is 8.83 Å². The quantitative estimate of drug-likeness (QED) is 0.233. The highest BCUT2D eigenvalue weighted by Gasteiger charge is 2.17. The molecular formula is C29H16N4O7. The molecule has 0 radical (unpaired) electrons. The zero-order valence-corrected chi connectivity index (χ0v) is 20.4. The van der Waals surface area contributed by atoms with Gasteiger partial charge in [0.2, 0.25) is 11.8 Å². The molecule has 0 unspecified atom stereocenters. The number of rotatable bonds is 5. The third kappa shape index (κ3) is 4.58. The van der Waals surface area contributed by atoms with E-state index in [9.17, 15) is 24.5 Å². The van der Waals surface area contributed by atoms with E-state index in [1.54, 1.807) is 54.6 Å². The zero-order valence-electron chi connectivity index (χ0n) is 20.4. The van der Waals surface area contributed by atoms with Crippen molar-refractivity contribution in [3.8, 4) is 22.9 Å². The van der Waals surface area contributed by atoms with Crippen LogP contribution in [0.3, 0.4) is 0 Å². The molecule has 0 aliphatic heterocycles. The van der Waals surface area contributed by atoms with Gasteiger partial charge in [0.05, 0.1) is 26.7 Å². The molecule has 11 heteroatoms. The van der Waals surface area contributed by atoms with Crippen molar-refractivity contribution >= 4 is 39.1 Å². The van der Waals surface area contributed by atoms with Crippen LogP contribution in [0.5, 0.6) is 0 Å². The Morgan fingerprint density at radius 1 is 0.725 bits per heavy atom. The summed E-state index contributed by atoms with van der Waals surface area (Å²) in [4.78, 5) is 57.6. The van der Waals surface area contributed by atoms with Crippen LogP contribution in [0.15, 0.2) is 109 Å². The number of benzene rings is 4. The van der Waals surface area contributed by atoms with Crippen LogP contribution in [-0.2, 0) is 0 Å². The summed E-state index contributed by atoms with van der Waals surface area (Å²) >= 11 is 0. The lowest BCUT2D eigenvalue weighted by Crippen LogP contribution is -2.12. The summed E-state index contributed by atoms with van der Waals surface area (Å²) in [6, 6.07) is 23.1. The highest BCUT2D eigenvalue weighted by Crippen LogP contribution is 2.30. The van der Waals surface area contributed by atoms with Crippen molar-refractivity contribution in [3.63, 3.8) is 0 Å². The average Bonchev–Trinajstić information content (AvgIpc) is 2.97. The minimum atomic E-state index is -0.599. The summed E-state index contributed by atoms with van der Waals surface area (Å²) in [5, 5.41) is 14.3. The van der Waals surface area contributed by atoms with Gasteiger partial charge < -0.3 is 14.2 Å².